The lowest BCUT2D eigenvalue weighted by molar-refractivity contribution is 0.0229. The molecule has 0 spiro atoms. The van der Waals surface area contributed by atoms with Gasteiger partial charge in [-0.05, 0) is 20.3 Å². The van der Waals surface area contributed by atoms with Gasteiger partial charge in [-0.2, -0.15) is 5.10 Å². The minimum atomic E-state index is -0.143. The molecule has 1 aromatic heterocycles. The first kappa shape index (κ1) is 13.1. The maximum absolute atomic E-state index is 5.33. The first-order valence-corrected chi connectivity index (χ1v) is 5.71. The van der Waals surface area contributed by atoms with Gasteiger partial charge in [0.05, 0.1) is 12.1 Å². The maximum Gasteiger partial charge on any atom is 0.140 e. The summed E-state index contributed by atoms with van der Waals surface area (Å²) in [5, 5.41) is 7.50. The zero-order chi connectivity index (χ0) is 12.0. The molecule has 0 fully saturated rings. The third kappa shape index (κ3) is 3.90. The van der Waals surface area contributed by atoms with Gasteiger partial charge in [-0.25, -0.2) is 9.67 Å². The van der Waals surface area contributed by atoms with E-state index in [1.165, 1.54) is 0 Å². The zero-order valence-electron chi connectivity index (χ0n) is 10.7. The molecule has 16 heavy (non-hydrogen) atoms. The number of nitrogens with zero attached hydrogens (tertiary/aromatic N) is 3. The van der Waals surface area contributed by atoms with Crippen LogP contribution in [0, 0.1) is 0 Å². The van der Waals surface area contributed by atoms with Gasteiger partial charge in [0, 0.05) is 20.2 Å². The highest BCUT2D eigenvalue weighted by Crippen LogP contribution is 2.05. The van der Waals surface area contributed by atoms with Crippen molar-refractivity contribution in [1.82, 2.24) is 20.1 Å². The van der Waals surface area contributed by atoms with E-state index in [9.17, 15) is 0 Å². The summed E-state index contributed by atoms with van der Waals surface area (Å²) in [6.07, 6.45) is 2.67. The van der Waals surface area contributed by atoms with Gasteiger partial charge < -0.3 is 10.1 Å². The normalized spacial score (nSPS) is 12.0. The third-order valence-corrected chi connectivity index (χ3v) is 2.52. The lowest BCUT2D eigenvalue weighted by Gasteiger charge is -2.23. The monoisotopic (exact) mass is 226 g/mol. The smallest absolute Gasteiger partial charge is 0.140 e. The molecule has 5 heteroatoms. The van der Waals surface area contributed by atoms with Crippen LogP contribution in [0.3, 0.4) is 0 Å². The van der Waals surface area contributed by atoms with Crippen LogP contribution in [0.25, 0.3) is 0 Å². The Morgan fingerprint density at radius 1 is 1.50 bits per heavy atom. The highest BCUT2D eigenvalue weighted by molar-refractivity contribution is 4.84. The minimum Gasteiger partial charge on any atom is -0.377 e. The fraction of sp³-hybridized carbons (Fsp3) is 0.818. The summed E-state index contributed by atoms with van der Waals surface area (Å²) < 4.78 is 7.27. The van der Waals surface area contributed by atoms with Crippen LogP contribution in [0.2, 0.25) is 0 Å². The number of aromatic nitrogens is 3. The van der Waals surface area contributed by atoms with Crippen LogP contribution in [0.15, 0.2) is 6.33 Å². The Morgan fingerprint density at radius 3 is 2.88 bits per heavy atom. The fourth-order valence-corrected chi connectivity index (χ4v) is 1.37. The van der Waals surface area contributed by atoms with E-state index >= 15 is 0 Å². The van der Waals surface area contributed by atoms with E-state index < -0.39 is 0 Å². The number of hydrogen-bond acceptors (Lipinski definition) is 4. The molecule has 0 saturated heterocycles. The van der Waals surface area contributed by atoms with Crippen molar-refractivity contribution in [1.29, 1.82) is 0 Å². The van der Waals surface area contributed by atoms with Gasteiger partial charge in [0.2, 0.25) is 0 Å². The van der Waals surface area contributed by atoms with E-state index in [0.717, 1.165) is 31.9 Å². The van der Waals surface area contributed by atoms with Gasteiger partial charge in [0.25, 0.3) is 0 Å². The van der Waals surface area contributed by atoms with Gasteiger partial charge >= 0.3 is 0 Å². The molecule has 0 bridgehead atoms. The second-order valence-corrected chi connectivity index (χ2v) is 4.47. The molecule has 1 heterocycles. The molecule has 0 aromatic carbocycles. The van der Waals surface area contributed by atoms with Crippen LogP contribution in [0.1, 0.15) is 33.0 Å². The van der Waals surface area contributed by atoms with Crippen molar-refractivity contribution in [3.63, 3.8) is 0 Å². The van der Waals surface area contributed by atoms with Crippen LogP contribution in [0.5, 0.6) is 0 Å². The van der Waals surface area contributed by atoms with E-state index in [2.05, 4.69) is 36.2 Å². The molecule has 1 N–H and O–H groups in total. The molecule has 0 aliphatic rings. The van der Waals surface area contributed by atoms with Crippen molar-refractivity contribution >= 4 is 0 Å². The van der Waals surface area contributed by atoms with Gasteiger partial charge in [-0.3, -0.25) is 0 Å². The van der Waals surface area contributed by atoms with Crippen molar-refractivity contribution < 1.29 is 4.74 Å². The molecule has 0 unspecified atom stereocenters. The zero-order valence-corrected chi connectivity index (χ0v) is 10.7. The molecule has 0 aliphatic carbocycles. The largest absolute Gasteiger partial charge is 0.377 e. The Bertz CT molecular complexity index is 309. The predicted molar refractivity (Wildman–Crippen MR) is 63.1 cm³/mol. The van der Waals surface area contributed by atoms with E-state index in [-0.39, 0.29) is 5.60 Å². The van der Waals surface area contributed by atoms with E-state index in [4.69, 9.17) is 4.74 Å². The Hall–Kier alpha value is -0.940. The first-order chi connectivity index (χ1) is 7.59. The average Bonchev–Trinajstić information content (AvgIpc) is 2.66. The Labute approximate surface area is 97.2 Å². The molecule has 0 saturated carbocycles. The molecule has 1 rings (SSSR count). The van der Waals surface area contributed by atoms with Crippen LogP contribution in [-0.4, -0.2) is 34.0 Å². The SMILES string of the molecule is CCCn1ncnc1CNCC(C)(C)OC. The summed E-state index contributed by atoms with van der Waals surface area (Å²) in [6.45, 7) is 8.68. The van der Waals surface area contributed by atoms with Crippen molar-refractivity contribution in [3.8, 4) is 0 Å². The maximum atomic E-state index is 5.33. The highest BCUT2D eigenvalue weighted by Gasteiger charge is 2.15. The molecule has 1 aromatic rings. The predicted octanol–water partition coefficient (Wildman–Crippen LogP) is 1.20. The standard InChI is InChI=1S/C11H22N4O/c1-5-6-15-10(13-9-14-15)7-12-8-11(2,3)16-4/h9,12H,5-8H2,1-4H3. The lowest BCUT2D eigenvalue weighted by atomic mass is 10.1. The van der Waals surface area contributed by atoms with Crippen molar-refractivity contribution in [2.45, 2.75) is 45.9 Å². The Morgan fingerprint density at radius 2 is 2.25 bits per heavy atom. The topological polar surface area (TPSA) is 52.0 Å². The molecule has 0 atom stereocenters. The molecule has 0 amide bonds. The summed E-state index contributed by atoms with van der Waals surface area (Å²) in [6, 6.07) is 0. The summed E-state index contributed by atoms with van der Waals surface area (Å²) in [5.74, 6) is 0.980. The molecular formula is C11H22N4O. The average molecular weight is 226 g/mol. The third-order valence-electron chi connectivity index (χ3n) is 2.52. The van der Waals surface area contributed by atoms with Gasteiger partial charge in [0.15, 0.2) is 0 Å². The second kappa shape index (κ2) is 5.96. The van der Waals surface area contributed by atoms with Crippen LogP contribution in [0.4, 0.5) is 0 Å². The summed E-state index contributed by atoms with van der Waals surface area (Å²) in [5.41, 5.74) is -0.143. The second-order valence-electron chi connectivity index (χ2n) is 4.47. The van der Waals surface area contributed by atoms with E-state index in [1.807, 2.05) is 4.68 Å². The lowest BCUT2D eigenvalue weighted by Crippen LogP contribution is -2.36. The van der Waals surface area contributed by atoms with E-state index in [0.29, 0.717) is 0 Å². The molecule has 92 valence electrons. The van der Waals surface area contributed by atoms with Gasteiger partial charge in [0.1, 0.15) is 12.2 Å². The Balaban J connectivity index is 2.39. The number of rotatable bonds is 7. The molecule has 0 aliphatic heterocycles. The summed E-state index contributed by atoms with van der Waals surface area (Å²) in [7, 11) is 1.72. The van der Waals surface area contributed by atoms with Crippen LogP contribution < -0.4 is 5.32 Å². The first-order valence-electron chi connectivity index (χ1n) is 5.71. The quantitative estimate of drug-likeness (QED) is 0.759. The fourth-order valence-electron chi connectivity index (χ4n) is 1.37. The van der Waals surface area contributed by atoms with Crippen molar-refractivity contribution in [2.24, 2.45) is 0 Å². The van der Waals surface area contributed by atoms with Gasteiger partial charge in [-0.15, -0.1) is 0 Å². The minimum absolute atomic E-state index is 0.143. The molecular weight excluding hydrogens is 204 g/mol. The van der Waals surface area contributed by atoms with Crippen LogP contribution >= 0.6 is 0 Å². The van der Waals surface area contributed by atoms with E-state index in [1.54, 1.807) is 13.4 Å². The summed E-state index contributed by atoms with van der Waals surface area (Å²) in [4.78, 5) is 4.23. The van der Waals surface area contributed by atoms with Crippen molar-refractivity contribution in [3.05, 3.63) is 12.2 Å². The highest BCUT2D eigenvalue weighted by atomic mass is 16.5. The van der Waals surface area contributed by atoms with Crippen LogP contribution in [-0.2, 0) is 17.8 Å². The number of methoxy groups -OCH3 is 1. The number of aryl methyl sites for hydroxylation is 1. The number of ether oxygens (including phenoxy) is 1. The van der Waals surface area contributed by atoms with Crippen molar-refractivity contribution in [2.75, 3.05) is 13.7 Å². The molecule has 0 radical (unpaired) electrons. The number of nitrogens with one attached hydrogen (secondary N) is 1. The molecule has 5 nitrogen and oxygen atoms in total. The van der Waals surface area contributed by atoms with Gasteiger partial charge in [-0.1, -0.05) is 6.92 Å². The number of hydrogen-bond donors (Lipinski definition) is 1. The summed E-state index contributed by atoms with van der Waals surface area (Å²) >= 11 is 0. The Kier molecular flexibility index (Phi) is 4.89.